The fourth-order valence-corrected chi connectivity index (χ4v) is 3.58. The monoisotopic (exact) mass is 413 g/mol. The van der Waals surface area contributed by atoms with Crippen molar-refractivity contribution in [1.29, 1.82) is 0 Å². The van der Waals surface area contributed by atoms with Crippen LogP contribution in [0.4, 0.5) is 5.69 Å². The number of nitrogens with one attached hydrogen (secondary N) is 3. The Morgan fingerprint density at radius 2 is 1.89 bits per heavy atom. The lowest BCUT2D eigenvalue weighted by Crippen LogP contribution is -2.46. The van der Waals surface area contributed by atoms with Gasteiger partial charge in [-0.2, -0.15) is 0 Å². The lowest BCUT2D eigenvalue weighted by atomic mass is 10.2. The first-order valence-electron chi connectivity index (χ1n) is 9.33. The molecule has 1 aromatic carbocycles. The van der Waals surface area contributed by atoms with Gasteiger partial charge in [0.25, 0.3) is 0 Å². The standard InChI is InChI=1S/C18H31N5O4S/c1-5-28(24,25)21-8-7-20-18(19-2)22-14-6-9-23(13-14)15-10-16(26-3)12-17(11-15)27-4/h10-12,14,21H,5-9,13H2,1-4H3,(H2,19,20,22). The minimum absolute atomic E-state index is 0.0763. The van der Waals surface area contributed by atoms with Gasteiger partial charge in [0.1, 0.15) is 11.5 Å². The quantitative estimate of drug-likeness (QED) is 0.306. The molecule has 9 nitrogen and oxygen atoms in total. The number of ether oxygens (including phenoxy) is 2. The molecule has 0 amide bonds. The Morgan fingerprint density at radius 1 is 1.21 bits per heavy atom. The van der Waals surface area contributed by atoms with Crippen LogP contribution in [0.25, 0.3) is 0 Å². The molecule has 1 aromatic rings. The van der Waals surface area contributed by atoms with Gasteiger partial charge in [-0.05, 0) is 13.3 Å². The summed E-state index contributed by atoms with van der Waals surface area (Å²) in [4.78, 5) is 6.49. The molecule has 0 aliphatic carbocycles. The molecule has 158 valence electrons. The molecule has 1 fully saturated rings. The van der Waals surface area contributed by atoms with Crippen molar-refractivity contribution in [3.63, 3.8) is 0 Å². The van der Waals surface area contributed by atoms with Crippen LogP contribution in [0.15, 0.2) is 23.2 Å². The first-order valence-corrected chi connectivity index (χ1v) is 11.0. The molecule has 0 spiro atoms. The molecule has 28 heavy (non-hydrogen) atoms. The molecule has 10 heteroatoms. The maximum absolute atomic E-state index is 11.4. The maximum atomic E-state index is 11.4. The summed E-state index contributed by atoms with van der Waals surface area (Å²) in [7, 11) is 1.81. The summed E-state index contributed by atoms with van der Waals surface area (Å²) in [6.07, 6.45) is 0.961. The topological polar surface area (TPSA) is 104 Å². The molecular weight excluding hydrogens is 382 g/mol. The van der Waals surface area contributed by atoms with E-state index in [1.165, 1.54) is 0 Å². The Morgan fingerprint density at radius 3 is 2.46 bits per heavy atom. The summed E-state index contributed by atoms with van der Waals surface area (Å²) < 4.78 is 36.1. The molecule has 1 aliphatic heterocycles. The highest BCUT2D eigenvalue weighted by Crippen LogP contribution is 2.30. The third-order valence-corrected chi connectivity index (χ3v) is 5.98. The third-order valence-electron chi connectivity index (χ3n) is 4.57. The smallest absolute Gasteiger partial charge is 0.211 e. The molecule has 0 aromatic heterocycles. The Bertz CT molecular complexity index is 747. The Kier molecular flexibility index (Phi) is 8.18. The van der Waals surface area contributed by atoms with Gasteiger partial charge in [-0.25, -0.2) is 13.1 Å². The van der Waals surface area contributed by atoms with Gasteiger partial charge in [0.15, 0.2) is 5.96 Å². The molecule has 3 N–H and O–H groups in total. The minimum atomic E-state index is -3.17. The maximum Gasteiger partial charge on any atom is 0.211 e. The highest BCUT2D eigenvalue weighted by atomic mass is 32.2. The molecule has 2 rings (SSSR count). The van der Waals surface area contributed by atoms with Crippen LogP contribution in [0.5, 0.6) is 11.5 Å². The molecular formula is C18H31N5O4S. The molecule has 1 atom stereocenters. The van der Waals surface area contributed by atoms with E-state index in [4.69, 9.17) is 9.47 Å². The number of hydrogen-bond donors (Lipinski definition) is 3. The summed E-state index contributed by atoms with van der Waals surface area (Å²) >= 11 is 0. The van der Waals surface area contributed by atoms with Crippen LogP contribution in [0.1, 0.15) is 13.3 Å². The summed E-state index contributed by atoms with van der Waals surface area (Å²) in [6, 6.07) is 6.08. The Balaban J connectivity index is 1.86. The first-order chi connectivity index (χ1) is 13.4. The van der Waals surface area contributed by atoms with E-state index in [1.54, 1.807) is 28.2 Å². The van der Waals surface area contributed by atoms with Gasteiger partial charge in [-0.1, -0.05) is 0 Å². The Hall–Kier alpha value is -2.20. The van der Waals surface area contributed by atoms with E-state index in [0.717, 1.165) is 36.7 Å². The van der Waals surface area contributed by atoms with E-state index in [9.17, 15) is 8.42 Å². The average Bonchev–Trinajstić information content (AvgIpc) is 3.18. The van der Waals surface area contributed by atoms with Gasteiger partial charge in [-0.15, -0.1) is 0 Å². The predicted molar refractivity (Wildman–Crippen MR) is 112 cm³/mol. The number of nitrogens with zero attached hydrogens (tertiary/aromatic N) is 2. The molecule has 0 bridgehead atoms. The van der Waals surface area contributed by atoms with Gasteiger partial charge in [0.05, 0.1) is 20.0 Å². The number of benzene rings is 1. The number of methoxy groups -OCH3 is 2. The van der Waals surface area contributed by atoms with Crippen molar-refractivity contribution in [2.75, 3.05) is 58.1 Å². The molecule has 0 saturated carbocycles. The van der Waals surface area contributed by atoms with E-state index in [1.807, 2.05) is 18.2 Å². The second-order valence-corrected chi connectivity index (χ2v) is 8.54. The highest BCUT2D eigenvalue weighted by Gasteiger charge is 2.24. The van der Waals surface area contributed by atoms with Crippen LogP contribution < -0.4 is 29.7 Å². The largest absolute Gasteiger partial charge is 0.497 e. The minimum Gasteiger partial charge on any atom is -0.497 e. The highest BCUT2D eigenvalue weighted by molar-refractivity contribution is 7.89. The summed E-state index contributed by atoms with van der Waals surface area (Å²) in [5.74, 6) is 2.26. The van der Waals surface area contributed by atoms with Gasteiger partial charge in [0, 0.05) is 63.2 Å². The zero-order chi connectivity index (χ0) is 20.6. The molecule has 1 heterocycles. The lowest BCUT2D eigenvalue weighted by Gasteiger charge is -2.21. The fourth-order valence-electron chi connectivity index (χ4n) is 2.97. The van der Waals surface area contributed by atoms with Crippen molar-refractivity contribution in [3.05, 3.63) is 18.2 Å². The van der Waals surface area contributed by atoms with Crippen LogP contribution in [0, 0.1) is 0 Å². The summed E-state index contributed by atoms with van der Waals surface area (Å²) in [5, 5.41) is 6.53. The van der Waals surface area contributed by atoms with Gasteiger partial charge >= 0.3 is 0 Å². The number of sulfonamides is 1. The second-order valence-electron chi connectivity index (χ2n) is 6.44. The number of rotatable bonds is 9. The van der Waals surface area contributed by atoms with Crippen molar-refractivity contribution in [2.24, 2.45) is 4.99 Å². The van der Waals surface area contributed by atoms with Crippen molar-refractivity contribution in [1.82, 2.24) is 15.4 Å². The molecule has 1 saturated heterocycles. The Labute approximate surface area is 167 Å². The van der Waals surface area contributed by atoms with E-state index in [-0.39, 0.29) is 11.8 Å². The third kappa shape index (κ3) is 6.45. The summed E-state index contributed by atoms with van der Waals surface area (Å²) in [5.41, 5.74) is 1.05. The van der Waals surface area contributed by atoms with E-state index >= 15 is 0 Å². The lowest BCUT2D eigenvalue weighted by molar-refractivity contribution is 0.394. The van der Waals surface area contributed by atoms with Crippen LogP contribution in [-0.2, 0) is 10.0 Å². The zero-order valence-corrected chi connectivity index (χ0v) is 17.8. The van der Waals surface area contributed by atoms with E-state index < -0.39 is 10.0 Å². The van der Waals surface area contributed by atoms with Crippen LogP contribution in [-0.4, -0.2) is 73.6 Å². The van der Waals surface area contributed by atoms with Crippen molar-refractivity contribution < 1.29 is 17.9 Å². The number of hydrogen-bond acceptors (Lipinski definition) is 6. The van der Waals surface area contributed by atoms with Crippen molar-refractivity contribution in [3.8, 4) is 11.5 Å². The average molecular weight is 414 g/mol. The molecule has 1 unspecified atom stereocenters. The van der Waals surface area contributed by atoms with Crippen LogP contribution in [0.2, 0.25) is 0 Å². The van der Waals surface area contributed by atoms with Gasteiger partial charge in [0.2, 0.25) is 10.0 Å². The van der Waals surface area contributed by atoms with Crippen LogP contribution in [0.3, 0.4) is 0 Å². The predicted octanol–water partition coefficient (Wildman–Crippen LogP) is 0.387. The van der Waals surface area contributed by atoms with Crippen LogP contribution >= 0.6 is 0 Å². The number of aliphatic imine (C=N–C) groups is 1. The van der Waals surface area contributed by atoms with Gasteiger partial charge < -0.3 is 25.0 Å². The SMILES string of the molecule is CCS(=O)(=O)NCCNC(=NC)NC1CCN(c2cc(OC)cc(OC)c2)C1. The summed E-state index contributed by atoms with van der Waals surface area (Å²) in [6.45, 7) is 4.11. The normalized spacial score (nSPS) is 17.5. The van der Waals surface area contributed by atoms with Crippen molar-refractivity contribution in [2.45, 2.75) is 19.4 Å². The number of guanidine groups is 1. The second kappa shape index (κ2) is 10.4. The zero-order valence-electron chi connectivity index (χ0n) is 17.0. The van der Waals surface area contributed by atoms with E-state index in [2.05, 4.69) is 25.2 Å². The van der Waals surface area contributed by atoms with Crippen molar-refractivity contribution >= 4 is 21.7 Å². The first kappa shape index (κ1) is 22.1. The molecule has 0 radical (unpaired) electrons. The van der Waals surface area contributed by atoms with Gasteiger partial charge in [-0.3, -0.25) is 4.99 Å². The number of anilines is 1. The fraction of sp³-hybridized carbons (Fsp3) is 0.611. The molecule has 1 aliphatic rings. The van der Waals surface area contributed by atoms with E-state index in [0.29, 0.717) is 19.0 Å².